The molecule has 1 amide bonds. The van der Waals surface area contributed by atoms with E-state index >= 15 is 0 Å². The highest BCUT2D eigenvalue weighted by molar-refractivity contribution is 14.1. The molecule has 0 aliphatic heterocycles. The van der Waals surface area contributed by atoms with Crippen LogP contribution in [-0.2, 0) is 0 Å². The number of thiocarbonyl (C=S) groups is 1. The van der Waals surface area contributed by atoms with Gasteiger partial charge in [0.1, 0.15) is 5.76 Å². The smallest absolute Gasteiger partial charge is 0.293 e. The van der Waals surface area contributed by atoms with Gasteiger partial charge in [0.15, 0.2) is 10.9 Å². The maximum Gasteiger partial charge on any atom is 0.293 e. The third-order valence-electron chi connectivity index (χ3n) is 3.43. The van der Waals surface area contributed by atoms with Crippen molar-refractivity contribution in [2.75, 3.05) is 5.32 Å². The number of furan rings is 1. The van der Waals surface area contributed by atoms with Gasteiger partial charge in [0.05, 0.1) is 10.7 Å². The highest BCUT2D eigenvalue weighted by Gasteiger charge is 2.15. The Morgan fingerprint density at radius 3 is 2.59 bits per heavy atom. The average molecular weight is 596 g/mol. The number of rotatable bonds is 3. The molecule has 4 nitrogen and oxygen atoms in total. The van der Waals surface area contributed by atoms with E-state index in [2.05, 4.69) is 49.2 Å². The first kappa shape index (κ1) is 20.6. The lowest BCUT2D eigenvalue weighted by molar-refractivity contribution is 0.0951. The van der Waals surface area contributed by atoms with Crippen molar-refractivity contribution in [1.29, 1.82) is 0 Å². The van der Waals surface area contributed by atoms with Gasteiger partial charge < -0.3 is 9.73 Å². The molecule has 3 rings (SSSR count). The zero-order chi connectivity index (χ0) is 19.6. The zero-order valence-corrected chi connectivity index (χ0v) is 19.4. The molecular formula is C18H10BrCl2IN2O2S. The van der Waals surface area contributed by atoms with Crippen LogP contribution < -0.4 is 10.6 Å². The van der Waals surface area contributed by atoms with E-state index in [-0.39, 0.29) is 10.9 Å². The van der Waals surface area contributed by atoms with Crippen LogP contribution in [0.5, 0.6) is 0 Å². The minimum absolute atomic E-state index is 0.116. The number of carbonyl (C=O) groups is 1. The van der Waals surface area contributed by atoms with Crippen molar-refractivity contribution in [2.45, 2.75) is 0 Å². The first-order valence-corrected chi connectivity index (χ1v) is 10.5. The van der Waals surface area contributed by atoms with Crippen LogP contribution in [0, 0.1) is 3.57 Å². The Morgan fingerprint density at radius 2 is 1.89 bits per heavy atom. The summed E-state index contributed by atoms with van der Waals surface area (Å²) in [6.07, 6.45) is 0. The summed E-state index contributed by atoms with van der Waals surface area (Å²) < 4.78 is 7.52. The first-order valence-electron chi connectivity index (χ1n) is 7.46. The summed E-state index contributed by atoms with van der Waals surface area (Å²) in [7, 11) is 0. The molecule has 0 aliphatic rings. The Labute approximate surface area is 192 Å². The quantitative estimate of drug-likeness (QED) is 0.260. The van der Waals surface area contributed by atoms with Crippen LogP contribution in [0.2, 0.25) is 10.0 Å². The Bertz CT molecular complexity index is 1040. The number of anilines is 1. The van der Waals surface area contributed by atoms with Crippen molar-refractivity contribution in [3.05, 3.63) is 72.4 Å². The summed E-state index contributed by atoms with van der Waals surface area (Å²) in [4.78, 5) is 12.4. The van der Waals surface area contributed by atoms with Crippen molar-refractivity contribution >= 4 is 90.6 Å². The topological polar surface area (TPSA) is 54.3 Å². The Balaban J connectivity index is 1.69. The molecule has 138 valence electrons. The van der Waals surface area contributed by atoms with E-state index in [1.165, 1.54) is 0 Å². The second kappa shape index (κ2) is 8.91. The number of nitrogens with one attached hydrogen (secondary N) is 2. The summed E-state index contributed by atoms with van der Waals surface area (Å²) in [6, 6.07) is 13.9. The molecule has 2 N–H and O–H groups in total. The second-order valence-corrected chi connectivity index (χ2v) is 8.65. The van der Waals surface area contributed by atoms with Crippen molar-refractivity contribution < 1.29 is 9.21 Å². The second-order valence-electron chi connectivity index (χ2n) is 5.32. The van der Waals surface area contributed by atoms with Crippen LogP contribution in [0.25, 0.3) is 11.3 Å². The number of halogens is 4. The number of hydrogen-bond acceptors (Lipinski definition) is 3. The third kappa shape index (κ3) is 5.23. The van der Waals surface area contributed by atoms with Gasteiger partial charge in [-0.15, -0.1) is 0 Å². The van der Waals surface area contributed by atoms with E-state index in [9.17, 15) is 4.79 Å². The Kier molecular flexibility index (Phi) is 6.80. The molecule has 2 aromatic carbocycles. The molecule has 0 atom stereocenters. The summed E-state index contributed by atoms with van der Waals surface area (Å²) >= 11 is 22.9. The summed E-state index contributed by atoms with van der Waals surface area (Å²) in [5.41, 5.74) is 1.43. The lowest BCUT2D eigenvalue weighted by atomic mass is 10.2. The van der Waals surface area contributed by atoms with Gasteiger partial charge in [0.25, 0.3) is 5.91 Å². The van der Waals surface area contributed by atoms with E-state index < -0.39 is 5.91 Å². The summed E-state index contributed by atoms with van der Waals surface area (Å²) in [5.74, 6) is 0.116. The predicted molar refractivity (Wildman–Crippen MR) is 125 cm³/mol. The van der Waals surface area contributed by atoms with Gasteiger partial charge in [-0.25, -0.2) is 0 Å². The van der Waals surface area contributed by atoms with Crippen LogP contribution in [-0.4, -0.2) is 11.0 Å². The maximum absolute atomic E-state index is 12.4. The predicted octanol–water partition coefficient (Wildman–Crippen LogP) is 6.75. The molecule has 0 aliphatic carbocycles. The molecule has 0 radical (unpaired) electrons. The highest BCUT2D eigenvalue weighted by atomic mass is 127. The summed E-state index contributed by atoms with van der Waals surface area (Å²) in [5, 5.41) is 6.70. The van der Waals surface area contributed by atoms with E-state index in [4.69, 9.17) is 39.8 Å². The van der Waals surface area contributed by atoms with E-state index in [0.29, 0.717) is 21.4 Å². The monoisotopic (exact) mass is 594 g/mol. The minimum Gasteiger partial charge on any atom is -0.451 e. The van der Waals surface area contributed by atoms with Gasteiger partial charge in [0.2, 0.25) is 0 Å². The van der Waals surface area contributed by atoms with Crippen LogP contribution in [0.1, 0.15) is 10.6 Å². The van der Waals surface area contributed by atoms with Gasteiger partial charge in [-0.2, -0.15) is 0 Å². The molecule has 0 saturated heterocycles. The van der Waals surface area contributed by atoms with Crippen molar-refractivity contribution in [2.24, 2.45) is 0 Å². The van der Waals surface area contributed by atoms with E-state index in [0.717, 1.165) is 13.7 Å². The lowest BCUT2D eigenvalue weighted by Crippen LogP contribution is -2.34. The zero-order valence-electron chi connectivity index (χ0n) is 13.4. The maximum atomic E-state index is 12.4. The van der Waals surface area contributed by atoms with Crippen LogP contribution in [0.3, 0.4) is 0 Å². The van der Waals surface area contributed by atoms with Crippen molar-refractivity contribution in [1.82, 2.24) is 5.32 Å². The highest BCUT2D eigenvalue weighted by Crippen LogP contribution is 2.31. The standard InChI is InChI=1S/C18H10BrCl2IN2O2S/c19-9-1-4-14(13(22)7-9)23-18(27)24-17(25)16-6-5-15(26-16)11-3-2-10(20)8-12(11)21/h1-8H,(H2,23,24,25,27). The van der Waals surface area contributed by atoms with Crippen molar-refractivity contribution in [3.63, 3.8) is 0 Å². The molecule has 0 saturated carbocycles. The number of benzene rings is 2. The molecule has 1 aromatic heterocycles. The average Bonchev–Trinajstić information content (AvgIpc) is 3.07. The van der Waals surface area contributed by atoms with Crippen LogP contribution in [0.4, 0.5) is 5.69 Å². The van der Waals surface area contributed by atoms with Gasteiger partial charge in [-0.3, -0.25) is 10.1 Å². The number of carbonyl (C=O) groups excluding carboxylic acids is 1. The van der Waals surface area contributed by atoms with Gasteiger partial charge in [-0.05, 0) is 83.3 Å². The van der Waals surface area contributed by atoms with Gasteiger partial charge in [0, 0.05) is 18.6 Å². The summed E-state index contributed by atoms with van der Waals surface area (Å²) in [6.45, 7) is 0. The molecule has 1 heterocycles. The lowest BCUT2D eigenvalue weighted by Gasteiger charge is -2.10. The van der Waals surface area contributed by atoms with Gasteiger partial charge in [-0.1, -0.05) is 39.1 Å². The molecule has 3 aromatic rings. The SMILES string of the molecule is O=C(NC(=S)Nc1ccc(Br)cc1I)c1ccc(-c2ccc(Cl)cc2Cl)o1. The minimum atomic E-state index is -0.462. The molecule has 9 heteroatoms. The molecule has 0 unspecified atom stereocenters. The van der Waals surface area contributed by atoms with Crippen molar-refractivity contribution in [3.8, 4) is 11.3 Å². The van der Waals surface area contributed by atoms with E-state index in [1.807, 2.05) is 18.2 Å². The number of hydrogen-bond donors (Lipinski definition) is 2. The normalized spacial score (nSPS) is 10.5. The number of amides is 1. The Morgan fingerprint density at radius 1 is 1.11 bits per heavy atom. The molecule has 0 bridgehead atoms. The Hall–Kier alpha value is -1.13. The molecule has 0 fully saturated rings. The fraction of sp³-hybridized carbons (Fsp3) is 0. The van der Waals surface area contributed by atoms with Crippen LogP contribution >= 0.6 is 73.9 Å². The fourth-order valence-corrected chi connectivity index (χ4v) is 4.35. The molecule has 0 spiro atoms. The van der Waals surface area contributed by atoms with E-state index in [1.54, 1.807) is 30.3 Å². The third-order valence-corrected chi connectivity index (χ3v) is 5.57. The van der Waals surface area contributed by atoms with Crippen LogP contribution in [0.15, 0.2) is 57.4 Å². The van der Waals surface area contributed by atoms with Gasteiger partial charge >= 0.3 is 0 Å². The first-order chi connectivity index (χ1) is 12.8. The largest absolute Gasteiger partial charge is 0.451 e. The fourth-order valence-electron chi connectivity index (χ4n) is 2.20. The molecule has 27 heavy (non-hydrogen) atoms. The molecular weight excluding hydrogens is 586 g/mol.